The molecular weight excluding hydrogens is 225 g/mol. The van der Waals surface area contributed by atoms with Gasteiger partial charge in [-0.05, 0) is 49.0 Å². The zero-order chi connectivity index (χ0) is 13.5. The van der Waals surface area contributed by atoms with Gasteiger partial charge in [0.05, 0.1) is 0 Å². The predicted octanol–water partition coefficient (Wildman–Crippen LogP) is 4.50. The third-order valence-corrected chi connectivity index (χ3v) is 3.85. The van der Waals surface area contributed by atoms with Crippen LogP contribution in [-0.4, -0.2) is 29.8 Å². The van der Waals surface area contributed by atoms with Gasteiger partial charge in [0.25, 0.3) is 0 Å². The van der Waals surface area contributed by atoms with Gasteiger partial charge >= 0.3 is 0 Å². The minimum Gasteiger partial charge on any atom is -0.303 e. The third-order valence-electron chi connectivity index (χ3n) is 3.10. The first-order valence-corrected chi connectivity index (χ1v) is 7.62. The maximum Gasteiger partial charge on any atom is 0.00359 e. The molecule has 0 unspecified atom stereocenters. The predicted molar refractivity (Wildman–Crippen MR) is 83.6 cm³/mol. The summed E-state index contributed by atoms with van der Waals surface area (Å²) in [5.41, 5.74) is 0.367. The van der Waals surface area contributed by atoms with Gasteiger partial charge in [0.2, 0.25) is 0 Å². The van der Waals surface area contributed by atoms with Gasteiger partial charge in [-0.2, -0.15) is 0 Å². The zero-order valence-corrected chi connectivity index (χ0v) is 13.8. The summed E-state index contributed by atoms with van der Waals surface area (Å²) < 4.78 is 0. The maximum absolute atomic E-state index is 3.80. The Hall–Kier alpha value is 0.130. The van der Waals surface area contributed by atoms with Crippen LogP contribution in [0.2, 0.25) is 0 Å². The van der Waals surface area contributed by atoms with Gasteiger partial charge in [0, 0.05) is 6.54 Å². The molecule has 0 aromatic heterocycles. The third kappa shape index (κ3) is 7.95. The summed E-state index contributed by atoms with van der Waals surface area (Å²) in [5.74, 6) is 0.636. The molecule has 0 aliphatic heterocycles. The van der Waals surface area contributed by atoms with Crippen LogP contribution in [-0.2, 0) is 0 Å². The number of nitrogens with zero attached hydrogens (tertiary/aromatic N) is 1. The number of rotatable bonds is 9. The molecule has 0 aromatic rings. The molecule has 17 heavy (non-hydrogen) atoms. The Morgan fingerprint density at radius 2 is 1.59 bits per heavy atom. The lowest BCUT2D eigenvalue weighted by molar-refractivity contribution is 0.182. The van der Waals surface area contributed by atoms with Crippen LogP contribution in [0.1, 0.15) is 60.8 Å². The second kappa shape index (κ2) is 8.27. The quantitative estimate of drug-likeness (QED) is 0.550. The molecule has 1 nitrogen and oxygen atoms in total. The van der Waals surface area contributed by atoms with Gasteiger partial charge in [-0.3, -0.25) is 0 Å². The van der Waals surface area contributed by atoms with Crippen LogP contribution in [0.4, 0.5) is 0 Å². The molecule has 0 saturated carbocycles. The van der Waals surface area contributed by atoms with Crippen molar-refractivity contribution in [2.24, 2.45) is 11.3 Å². The van der Waals surface area contributed by atoms with Crippen molar-refractivity contribution in [1.82, 2.24) is 4.90 Å². The molecule has 0 radical (unpaired) electrons. The monoisotopic (exact) mass is 257 g/mol. The van der Waals surface area contributed by atoms with Crippen molar-refractivity contribution in [2.75, 3.05) is 19.6 Å². The van der Waals surface area contributed by atoms with Crippen LogP contribution in [0.25, 0.3) is 0 Å². The minimum atomic E-state index is 0.367. The van der Waals surface area contributed by atoms with Crippen molar-refractivity contribution in [1.29, 1.82) is 0 Å². The Balaban J connectivity index is 4.32. The second-order valence-corrected chi connectivity index (χ2v) is 6.94. The van der Waals surface area contributed by atoms with Crippen LogP contribution >= 0.6 is 8.86 Å². The van der Waals surface area contributed by atoms with E-state index in [2.05, 4.69) is 55.3 Å². The standard InChI is InChI=1S/C15H32NP/c1-7-9-16(10-8-2)12-15(5,6)11-14(17)13(3)4/h13,17H,7-12H2,1-6H3. The molecule has 0 amide bonds. The lowest BCUT2D eigenvalue weighted by atomic mass is 9.84. The Morgan fingerprint density at radius 3 is 1.94 bits per heavy atom. The van der Waals surface area contributed by atoms with Crippen molar-refractivity contribution in [3.63, 3.8) is 0 Å². The minimum absolute atomic E-state index is 0.367. The normalized spacial score (nSPS) is 12.5. The topological polar surface area (TPSA) is 3.24 Å². The molecule has 0 rings (SSSR count). The van der Waals surface area contributed by atoms with Gasteiger partial charge in [-0.25, -0.2) is 0 Å². The Bertz CT molecular complexity index is 215. The SMILES string of the molecule is CCCN(CCC)CC(C)(C)CC(=P)C(C)C. The summed E-state index contributed by atoms with van der Waals surface area (Å²) in [6.07, 6.45) is 3.68. The van der Waals surface area contributed by atoms with Crippen molar-refractivity contribution >= 4 is 14.2 Å². The van der Waals surface area contributed by atoms with E-state index >= 15 is 0 Å². The van der Waals surface area contributed by atoms with E-state index in [1.54, 1.807) is 0 Å². The van der Waals surface area contributed by atoms with Gasteiger partial charge < -0.3 is 4.90 Å². The average Bonchev–Trinajstić information content (AvgIpc) is 2.16. The van der Waals surface area contributed by atoms with Gasteiger partial charge in [0.15, 0.2) is 0 Å². The summed E-state index contributed by atoms with van der Waals surface area (Å²) >= 11 is 0. The van der Waals surface area contributed by atoms with E-state index in [1.807, 2.05) is 0 Å². The molecule has 0 fully saturated rings. The molecule has 0 saturated heterocycles. The molecular formula is C15H32NP. The molecule has 0 bridgehead atoms. The highest BCUT2D eigenvalue weighted by Gasteiger charge is 2.23. The van der Waals surface area contributed by atoms with Crippen molar-refractivity contribution in [3.8, 4) is 0 Å². The van der Waals surface area contributed by atoms with E-state index in [4.69, 9.17) is 0 Å². The van der Waals surface area contributed by atoms with E-state index in [9.17, 15) is 0 Å². The average molecular weight is 257 g/mol. The largest absolute Gasteiger partial charge is 0.303 e. The Labute approximate surface area is 111 Å². The fraction of sp³-hybridized carbons (Fsp3) is 0.933. The second-order valence-electron chi connectivity index (χ2n) is 6.30. The van der Waals surface area contributed by atoms with E-state index in [-0.39, 0.29) is 0 Å². The lowest BCUT2D eigenvalue weighted by Crippen LogP contribution is -2.37. The summed E-state index contributed by atoms with van der Waals surface area (Å²) in [5, 5.41) is 1.45. The smallest absolute Gasteiger partial charge is 0.00359 e. The summed E-state index contributed by atoms with van der Waals surface area (Å²) in [6, 6.07) is 0. The van der Waals surface area contributed by atoms with E-state index < -0.39 is 0 Å². The van der Waals surface area contributed by atoms with Crippen LogP contribution < -0.4 is 0 Å². The Kier molecular flexibility index (Phi) is 8.33. The number of hydrogen-bond acceptors (Lipinski definition) is 1. The van der Waals surface area contributed by atoms with Gasteiger partial charge in [-0.1, -0.05) is 41.5 Å². The highest BCUT2D eigenvalue weighted by Crippen LogP contribution is 2.25. The van der Waals surface area contributed by atoms with Crippen LogP contribution in [0, 0.1) is 11.3 Å². The summed E-state index contributed by atoms with van der Waals surface area (Å²) in [4.78, 5) is 2.61. The van der Waals surface area contributed by atoms with Crippen molar-refractivity contribution < 1.29 is 0 Å². The molecule has 0 N–H and O–H groups in total. The molecule has 0 aromatic carbocycles. The first-order valence-electron chi connectivity index (χ1n) is 7.12. The van der Waals surface area contributed by atoms with Crippen LogP contribution in [0.5, 0.6) is 0 Å². The molecule has 2 heteroatoms. The van der Waals surface area contributed by atoms with Gasteiger partial charge in [0.1, 0.15) is 0 Å². The lowest BCUT2D eigenvalue weighted by Gasteiger charge is -2.33. The van der Waals surface area contributed by atoms with E-state index in [1.165, 1.54) is 44.2 Å². The van der Waals surface area contributed by atoms with Crippen molar-refractivity contribution in [2.45, 2.75) is 60.8 Å². The first-order chi connectivity index (χ1) is 7.82. The molecule has 0 heterocycles. The summed E-state index contributed by atoms with van der Waals surface area (Å²) in [6.45, 7) is 17.5. The fourth-order valence-electron chi connectivity index (χ4n) is 2.28. The Morgan fingerprint density at radius 1 is 1.12 bits per heavy atom. The van der Waals surface area contributed by atoms with E-state index in [0.29, 0.717) is 11.3 Å². The number of hydrogen-bond donors (Lipinski definition) is 0. The van der Waals surface area contributed by atoms with Crippen molar-refractivity contribution in [3.05, 3.63) is 0 Å². The van der Waals surface area contributed by atoms with E-state index in [0.717, 1.165) is 0 Å². The fourth-order valence-corrected chi connectivity index (χ4v) is 2.76. The molecule has 102 valence electrons. The highest BCUT2D eigenvalue weighted by molar-refractivity contribution is 7.21. The van der Waals surface area contributed by atoms with Crippen LogP contribution in [0.15, 0.2) is 0 Å². The highest BCUT2D eigenvalue weighted by atomic mass is 31.0. The van der Waals surface area contributed by atoms with Gasteiger partial charge in [-0.15, -0.1) is 8.86 Å². The molecule has 0 spiro atoms. The summed E-state index contributed by atoms with van der Waals surface area (Å²) in [7, 11) is 3.80. The zero-order valence-electron chi connectivity index (χ0n) is 12.8. The maximum atomic E-state index is 3.80. The first kappa shape index (κ1) is 17.1. The molecule has 0 aliphatic carbocycles. The molecule has 0 aliphatic rings. The molecule has 0 atom stereocenters. The van der Waals surface area contributed by atoms with Crippen LogP contribution in [0.3, 0.4) is 0 Å².